The maximum Gasteiger partial charge on any atom is 0.240 e. The fourth-order valence-corrected chi connectivity index (χ4v) is 1.59. The molecule has 0 aliphatic heterocycles. The minimum atomic E-state index is -1.05. The molecule has 0 aliphatic carbocycles. The average Bonchev–Trinajstić information content (AvgIpc) is 2.32. The third kappa shape index (κ3) is 3.07. The van der Waals surface area contributed by atoms with Gasteiger partial charge in [0.05, 0.1) is 6.07 Å². The van der Waals surface area contributed by atoms with Gasteiger partial charge in [-0.15, -0.1) is 0 Å². The van der Waals surface area contributed by atoms with E-state index in [1.165, 1.54) is 0 Å². The zero-order chi connectivity index (χ0) is 13.9. The summed E-state index contributed by atoms with van der Waals surface area (Å²) in [5, 5.41) is 11.5. The van der Waals surface area contributed by atoms with Gasteiger partial charge in [-0.05, 0) is 44.4 Å². The number of carbonyl (C=O) groups excluding carboxylic acids is 1. The van der Waals surface area contributed by atoms with Gasteiger partial charge in [0.25, 0.3) is 0 Å². The molecule has 0 aliphatic rings. The van der Waals surface area contributed by atoms with Gasteiger partial charge >= 0.3 is 0 Å². The molecule has 96 valence electrons. The largest absolute Gasteiger partial charge is 0.351 e. The fraction of sp³-hybridized carbons (Fsp3) is 0.429. The third-order valence-electron chi connectivity index (χ3n) is 2.80. The molecular formula is C14H17FN2O. The van der Waals surface area contributed by atoms with Crippen LogP contribution < -0.4 is 5.32 Å². The summed E-state index contributed by atoms with van der Waals surface area (Å²) < 4.78 is 13.4. The third-order valence-corrected chi connectivity index (χ3v) is 2.80. The first-order valence-electron chi connectivity index (χ1n) is 5.73. The van der Waals surface area contributed by atoms with Crippen molar-refractivity contribution in [3.8, 4) is 6.07 Å². The Labute approximate surface area is 107 Å². The number of hydrogen-bond acceptors (Lipinski definition) is 2. The van der Waals surface area contributed by atoms with Gasteiger partial charge < -0.3 is 5.32 Å². The Kier molecular flexibility index (Phi) is 4.07. The van der Waals surface area contributed by atoms with Crippen molar-refractivity contribution < 1.29 is 9.18 Å². The van der Waals surface area contributed by atoms with Crippen LogP contribution in [0.25, 0.3) is 0 Å². The van der Waals surface area contributed by atoms with Crippen molar-refractivity contribution in [3.05, 3.63) is 34.6 Å². The quantitative estimate of drug-likeness (QED) is 0.894. The van der Waals surface area contributed by atoms with Crippen molar-refractivity contribution in [3.63, 3.8) is 0 Å². The summed E-state index contributed by atoms with van der Waals surface area (Å²) >= 11 is 0. The highest BCUT2D eigenvalue weighted by molar-refractivity contribution is 5.84. The molecule has 0 aromatic heterocycles. The Balaban J connectivity index is 2.77. The van der Waals surface area contributed by atoms with Crippen LogP contribution in [0.1, 0.15) is 30.5 Å². The van der Waals surface area contributed by atoms with Gasteiger partial charge in [-0.3, -0.25) is 4.79 Å². The number of benzene rings is 1. The van der Waals surface area contributed by atoms with E-state index in [1.807, 2.05) is 6.07 Å². The molecule has 0 spiro atoms. The minimum absolute atomic E-state index is 0.220. The van der Waals surface area contributed by atoms with Gasteiger partial charge in [-0.1, -0.05) is 12.1 Å². The van der Waals surface area contributed by atoms with E-state index in [2.05, 4.69) is 5.32 Å². The van der Waals surface area contributed by atoms with Gasteiger partial charge in [-0.25, -0.2) is 4.39 Å². The molecule has 0 fully saturated rings. The summed E-state index contributed by atoms with van der Waals surface area (Å²) in [4.78, 5) is 11.7. The molecule has 1 N–H and O–H groups in total. The number of halogens is 1. The molecule has 18 heavy (non-hydrogen) atoms. The molecule has 4 heteroatoms. The Morgan fingerprint density at radius 2 is 1.89 bits per heavy atom. The molecule has 1 rings (SSSR count). The molecule has 0 bridgehead atoms. The first kappa shape index (κ1) is 14.2. The molecule has 1 aromatic rings. The smallest absolute Gasteiger partial charge is 0.240 e. The van der Waals surface area contributed by atoms with E-state index in [0.29, 0.717) is 17.7 Å². The fourth-order valence-electron chi connectivity index (χ4n) is 1.59. The second-order valence-corrected chi connectivity index (χ2v) is 4.96. The maximum atomic E-state index is 13.4. The molecule has 0 saturated heterocycles. The summed E-state index contributed by atoms with van der Waals surface area (Å²) in [5.74, 6) is -0.549. The lowest BCUT2D eigenvalue weighted by atomic mass is 9.94. The van der Waals surface area contributed by atoms with Crippen LogP contribution in [-0.4, -0.2) is 5.91 Å². The summed E-state index contributed by atoms with van der Waals surface area (Å²) in [5.41, 5.74) is 0.885. The van der Waals surface area contributed by atoms with Crippen LogP contribution in [-0.2, 0) is 11.3 Å². The second kappa shape index (κ2) is 5.18. The van der Waals surface area contributed by atoms with Gasteiger partial charge in [0.2, 0.25) is 5.91 Å². The van der Waals surface area contributed by atoms with Crippen molar-refractivity contribution >= 4 is 5.91 Å². The molecule has 0 heterocycles. The number of nitriles is 1. The number of amides is 1. The second-order valence-electron chi connectivity index (χ2n) is 4.96. The molecule has 0 radical (unpaired) electrons. The van der Waals surface area contributed by atoms with E-state index in [1.54, 1.807) is 39.8 Å². The van der Waals surface area contributed by atoms with Crippen molar-refractivity contribution in [2.75, 3.05) is 0 Å². The zero-order valence-corrected chi connectivity index (χ0v) is 11.1. The molecule has 1 amide bonds. The van der Waals surface area contributed by atoms with Crippen LogP contribution in [0.3, 0.4) is 0 Å². The zero-order valence-electron chi connectivity index (χ0n) is 11.1. The number of carbonyl (C=O) groups is 1. The van der Waals surface area contributed by atoms with Gasteiger partial charge in [0.1, 0.15) is 11.2 Å². The SMILES string of the molecule is Cc1cc(CNC(=O)C(C)(C)C#N)cc(C)c1F. The lowest BCUT2D eigenvalue weighted by molar-refractivity contribution is -0.126. The Morgan fingerprint density at radius 3 is 2.33 bits per heavy atom. The van der Waals surface area contributed by atoms with E-state index in [0.717, 1.165) is 5.56 Å². The van der Waals surface area contributed by atoms with E-state index in [-0.39, 0.29) is 11.7 Å². The average molecular weight is 248 g/mol. The summed E-state index contributed by atoms with van der Waals surface area (Å²) in [6, 6.07) is 5.33. The lowest BCUT2D eigenvalue weighted by Gasteiger charge is -2.15. The topological polar surface area (TPSA) is 52.9 Å². The van der Waals surface area contributed by atoms with Crippen LogP contribution in [0, 0.1) is 36.4 Å². The number of nitrogens with zero attached hydrogens (tertiary/aromatic N) is 1. The number of hydrogen-bond donors (Lipinski definition) is 1. The van der Waals surface area contributed by atoms with Crippen LogP contribution in [0.15, 0.2) is 12.1 Å². The molecular weight excluding hydrogens is 231 g/mol. The van der Waals surface area contributed by atoms with E-state index in [9.17, 15) is 9.18 Å². The highest BCUT2D eigenvalue weighted by Crippen LogP contribution is 2.16. The van der Waals surface area contributed by atoms with Crippen LogP contribution in [0.4, 0.5) is 4.39 Å². The monoisotopic (exact) mass is 248 g/mol. The predicted octanol–water partition coefficient (Wildman–Crippen LogP) is 2.61. The molecule has 1 aromatic carbocycles. The summed E-state index contributed by atoms with van der Waals surface area (Å²) in [7, 11) is 0. The van der Waals surface area contributed by atoms with Crippen molar-refractivity contribution in [1.82, 2.24) is 5.32 Å². The van der Waals surface area contributed by atoms with Gasteiger partial charge in [-0.2, -0.15) is 5.26 Å². The van der Waals surface area contributed by atoms with Crippen molar-refractivity contribution in [2.24, 2.45) is 5.41 Å². The minimum Gasteiger partial charge on any atom is -0.351 e. The molecule has 3 nitrogen and oxygen atoms in total. The normalized spacial score (nSPS) is 10.9. The molecule has 0 atom stereocenters. The van der Waals surface area contributed by atoms with E-state index >= 15 is 0 Å². The number of aryl methyl sites for hydroxylation is 2. The Hall–Kier alpha value is -1.89. The first-order valence-corrected chi connectivity index (χ1v) is 5.73. The molecule has 0 saturated carbocycles. The van der Waals surface area contributed by atoms with Crippen LogP contribution in [0.5, 0.6) is 0 Å². The van der Waals surface area contributed by atoms with E-state index < -0.39 is 5.41 Å². The van der Waals surface area contributed by atoms with E-state index in [4.69, 9.17) is 5.26 Å². The van der Waals surface area contributed by atoms with Crippen molar-refractivity contribution in [1.29, 1.82) is 5.26 Å². The number of nitrogens with one attached hydrogen (secondary N) is 1. The van der Waals surface area contributed by atoms with Crippen LogP contribution in [0.2, 0.25) is 0 Å². The summed E-state index contributed by atoms with van der Waals surface area (Å²) in [6.45, 7) is 6.79. The maximum absolute atomic E-state index is 13.4. The standard InChI is InChI=1S/C14H17FN2O/c1-9-5-11(6-10(2)12(9)15)7-17-13(18)14(3,4)8-16/h5-6H,7H2,1-4H3,(H,17,18). The van der Waals surface area contributed by atoms with Crippen LogP contribution >= 0.6 is 0 Å². The predicted molar refractivity (Wildman–Crippen MR) is 67.1 cm³/mol. The Morgan fingerprint density at radius 1 is 1.39 bits per heavy atom. The number of rotatable bonds is 3. The summed E-state index contributed by atoms with van der Waals surface area (Å²) in [6.07, 6.45) is 0. The molecule has 0 unspecified atom stereocenters. The van der Waals surface area contributed by atoms with Gasteiger partial charge in [0.15, 0.2) is 0 Å². The van der Waals surface area contributed by atoms with Crippen molar-refractivity contribution in [2.45, 2.75) is 34.2 Å². The van der Waals surface area contributed by atoms with Gasteiger partial charge in [0, 0.05) is 6.54 Å². The highest BCUT2D eigenvalue weighted by Gasteiger charge is 2.26. The Bertz CT molecular complexity index is 492. The first-order chi connectivity index (χ1) is 8.27. The lowest BCUT2D eigenvalue weighted by Crippen LogP contribution is -2.35. The highest BCUT2D eigenvalue weighted by atomic mass is 19.1.